The zero-order valence-corrected chi connectivity index (χ0v) is 14.0. The Hall–Kier alpha value is -0.340. The van der Waals surface area contributed by atoms with Crippen molar-refractivity contribution in [2.24, 2.45) is 5.92 Å². The van der Waals surface area contributed by atoms with E-state index in [1.807, 2.05) is 0 Å². The minimum absolute atomic E-state index is 0.0781. The van der Waals surface area contributed by atoms with Gasteiger partial charge in [-0.3, -0.25) is 9.59 Å². The highest BCUT2D eigenvalue weighted by Crippen LogP contribution is 2.31. The van der Waals surface area contributed by atoms with Gasteiger partial charge >= 0.3 is 0 Å². The summed E-state index contributed by atoms with van der Waals surface area (Å²) < 4.78 is 0.898. The standard InChI is InChI=1S/C12H12ClIN2O2S/c1-7(17)19-6-8-2-12(18)16(5-8)10-3-11(13)15-4-9(10)14/h3-4,8H,2,5-6H2,1H3. The highest BCUT2D eigenvalue weighted by Gasteiger charge is 2.31. The van der Waals surface area contributed by atoms with Crippen LogP contribution in [-0.2, 0) is 9.59 Å². The molecule has 0 radical (unpaired) electrons. The van der Waals surface area contributed by atoms with E-state index >= 15 is 0 Å². The molecule has 1 aromatic rings. The van der Waals surface area contributed by atoms with Gasteiger partial charge in [-0.1, -0.05) is 23.4 Å². The summed E-state index contributed by atoms with van der Waals surface area (Å²) in [5.41, 5.74) is 0.806. The van der Waals surface area contributed by atoms with Crippen molar-refractivity contribution in [1.29, 1.82) is 0 Å². The van der Waals surface area contributed by atoms with E-state index in [-0.39, 0.29) is 16.9 Å². The number of carbonyl (C=O) groups excluding carboxylic acids is 2. The average Bonchev–Trinajstić information content (AvgIpc) is 2.71. The van der Waals surface area contributed by atoms with Crippen LogP contribution < -0.4 is 4.90 Å². The topological polar surface area (TPSA) is 50.3 Å². The van der Waals surface area contributed by atoms with Gasteiger partial charge < -0.3 is 4.90 Å². The van der Waals surface area contributed by atoms with Gasteiger partial charge in [-0.2, -0.15) is 0 Å². The molecular weight excluding hydrogens is 399 g/mol. The van der Waals surface area contributed by atoms with E-state index in [1.54, 1.807) is 24.1 Å². The summed E-state index contributed by atoms with van der Waals surface area (Å²) in [7, 11) is 0. The van der Waals surface area contributed by atoms with Gasteiger partial charge in [-0.05, 0) is 28.5 Å². The third-order valence-corrected chi connectivity index (χ3v) is 4.90. The van der Waals surface area contributed by atoms with Crippen molar-refractivity contribution < 1.29 is 9.59 Å². The van der Waals surface area contributed by atoms with Crippen molar-refractivity contribution in [1.82, 2.24) is 4.98 Å². The molecule has 7 heteroatoms. The molecule has 1 aliphatic heterocycles. The number of aromatic nitrogens is 1. The number of hydrogen-bond acceptors (Lipinski definition) is 4. The van der Waals surface area contributed by atoms with Gasteiger partial charge in [0.25, 0.3) is 0 Å². The van der Waals surface area contributed by atoms with Crippen LogP contribution in [0.2, 0.25) is 5.15 Å². The number of nitrogens with zero attached hydrogens (tertiary/aromatic N) is 2. The molecule has 0 aliphatic carbocycles. The molecule has 2 rings (SSSR count). The Morgan fingerprint density at radius 1 is 1.68 bits per heavy atom. The van der Waals surface area contributed by atoms with E-state index in [9.17, 15) is 9.59 Å². The van der Waals surface area contributed by atoms with Crippen LogP contribution in [-0.4, -0.2) is 28.3 Å². The second kappa shape index (κ2) is 6.41. The second-order valence-electron chi connectivity index (χ2n) is 4.34. The molecule has 1 amide bonds. The summed E-state index contributed by atoms with van der Waals surface area (Å²) in [6.07, 6.45) is 2.14. The highest BCUT2D eigenvalue weighted by molar-refractivity contribution is 14.1. The average molecular weight is 411 g/mol. The Labute approximate surface area is 134 Å². The Morgan fingerprint density at radius 2 is 2.42 bits per heavy atom. The number of amides is 1. The smallest absolute Gasteiger partial charge is 0.227 e. The number of halogens is 2. The minimum Gasteiger partial charge on any atom is -0.311 e. The molecule has 0 spiro atoms. The first-order chi connectivity index (χ1) is 8.97. The lowest BCUT2D eigenvalue weighted by Crippen LogP contribution is -2.25. The molecule has 102 valence electrons. The van der Waals surface area contributed by atoms with E-state index in [4.69, 9.17) is 11.6 Å². The molecule has 0 N–H and O–H groups in total. The van der Waals surface area contributed by atoms with Crippen molar-refractivity contribution in [3.8, 4) is 0 Å². The van der Waals surface area contributed by atoms with Gasteiger partial charge in [0.2, 0.25) is 5.91 Å². The van der Waals surface area contributed by atoms with Crippen LogP contribution >= 0.6 is 46.0 Å². The zero-order valence-electron chi connectivity index (χ0n) is 10.2. The number of thioether (sulfide) groups is 1. The van der Waals surface area contributed by atoms with E-state index < -0.39 is 0 Å². The quantitative estimate of drug-likeness (QED) is 0.568. The van der Waals surface area contributed by atoms with Crippen LogP contribution in [0, 0.1) is 9.49 Å². The first-order valence-corrected chi connectivity index (χ1v) is 8.16. The fourth-order valence-electron chi connectivity index (χ4n) is 1.97. The number of anilines is 1. The van der Waals surface area contributed by atoms with Gasteiger partial charge in [0, 0.05) is 37.9 Å². The number of rotatable bonds is 3. The Balaban J connectivity index is 2.11. The highest BCUT2D eigenvalue weighted by atomic mass is 127. The van der Waals surface area contributed by atoms with Crippen molar-refractivity contribution in [3.05, 3.63) is 21.0 Å². The first-order valence-electron chi connectivity index (χ1n) is 5.72. The molecule has 4 nitrogen and oxygen atoms in total. The predicted molar refractivity (Wildman–Crippen MR) is 85.6 cm³/mol. The summed E-state index contributed by atoms with van der Waals surface area (Å²) in [6.45, 7) is 2.18. The summed E-state index contributed by atoms with van der Waals surface area (Å²) in [5.74, 6) is 0.978. The maximum Gasteiger partial charge on any atom is 0.227 e. The van der Waals surface area contributed by atoms with E-state index in [2.05, 4.69) is 27.6 Å². The predicted octanol–water partition coefficient (Wildman–Crippen LogP) is 2.97. The summed E-state index contributed by atoms with van der Waals surface area (Å²) in [5, 5.41) is 0.470. The maximum atomic E-state index is 12.1. The molecule has 0 saturated carbocycles. The van der Waals surface area contributed by atoms with Crippen LogP contribution in [0.1, 0.15) is 13.3 Å². The van der Waals surface area contributed by atoms with Gasteiger partial charge in [0.1, 0.15) is 5.15 Å². The lowest BCUT2D eigenvalue weighted by atomic mass is 10.1. The van der Waals surface area contributed by atoms with Gasteiger partial charge in [-0.15, -0.1) is 0 Å². The molecule has 19 heavy (non-hydrogen) atoms. The van der Waals surface area contributed by atoms with E-state index in [0.29, 0.717) is 23.9 Å². The summed E-state index contributed by atoms with van der Waals surface area (Å²) >= 11 is 9.30. The number of hydrogen-bond donors (Lipinski definition) is 0. The van der Waals surface area contributed by atoms with Gasteiger partial charge in [0.15, 0.2) is 5.12 Å². The summed E-state index contributed by atoms with van der Waals surface area (Å²) in [4.78, 5) is 28.8. The van der Waals surface area contributed by atoms with Crippen LogP contribution in [0.15, 0.2) is 12.3 Å². The summed E-state index contributed by atoms with van der Waals surface area (Å²) in [6, 6.07) is 1.71. The third-order valence-electron chi connectivity index (χ3n) is 2.82. The lowest BCUT2D eigenvalue weighted by Gasteiger charge is -2.18. The van der Waals surface area contributed by atoms with Gasteiger partial charge in [0.05, 0.1) is 9.26 Å². The molecule has 0 bridgehead atoms. The molecule has 2 heterocycles. The normalized spacial score (nSPS) is 19.0. The van der Waals surface area contributed by atoms with Crippen LogP contribution in [0.4, 0.5) is 5.69 Å². The Morgan fingerprint density at radius 3 is 3.11 bits per heavy atom. The molecular formula is C12H12ClIN2O2S. The number of carbonyl (C=O) groups is 2. The van der Waals surface area contributed by atoms with Crippen LogP contribution in [0.5, 0.6) is 0 Å². The fourth-order valence-corrected chi connectivity index (χ4v) is 3.40. The van der Waals surface area contributed by atoms with Crippen molar-refractivity contribution in [2.75, 3.05) is 17.2 Å². The Bertz CT molecular complexity index is 526. The van der Waals surface area contributed by atoms with Gasteiger partial charge in [-0.25, -0.2) is 4.98 Å². The first kappa shape index (κ1) is 15.1. The third kappa shape index (κ3) is 3.82. The van der Waals surface area contributed by atoms with Crippen LogP contribution in [0.3, 0.4) is 0 Å². The number of pyridine rings is 1. The fraction of sp³-hybridized carbons (Fsp3) is 0.417. The minimum atomic E-state index is 0.0781. The molecule has 0 aromatic carbocycles. The largest absolute Gasteiger partial charge is 0.311 e. The van der Waals surface area contributed by atoms with Crippen LogP contribution in [0.25, 0.3) is 0 Å². The monoisotopic (exact) mass is 410 g/mol. The van der Waals surface area contributed by atoms with Crippen molar-refractivity contribution >= 4 is 62.7 Å². The van der Waals surface area contributed by atoms with E-state index in [0.717, 1.165) is 9.26 Å². The second-order valence-corrected chi connectivity index (χ2v) is 7.08. The lowest BCUT2D eigenvalue weighted by molar-refractivity contribution is -0.117. The molecule has 1 atom stereocenters. The van der Waals surface area contributed by atoms with Crippen molar-refractivity contribution in [3.63, 3.8) is 0 Å². The Kier molecular flexibility index (Phi) is 5.08. The SMILES string of the molecule is CC(=O)SCC1CC(=O)N(c2cc(Cl)ncc2I)C1. The van der Waals surface area contributed by atoms with Crippen molar-refractivity contribution in [2.45, 2.75) is 13.3 Å². The zero-order chi connectivity index (χ0) is 14.0. The molecule has 1 aromatic heterocycles. The molecule has 1 saturated heterocycles. The molecule has 1 unspecified atom stereocenters. The maximum absolute atomic E-state index is 12.1. The van der Waals surface area contributed by atoms with E-state index in [1.165, 1.54) is 11.8 Å². The molecule has 1 aliphatic rings. The molecule has 1 fully saturated rings.